The summed E-state index contributed by atoms with van der Waals surface area (Å²) < 4.78 is 33.5. The molecule has 0 spiro atoms. The van der Waals surface area contributed by atoms with Crippen LogP contribution in [0.1, 0.15) is 55.1 Å². The third kappa shape index (κ3) is 3.55. The molecule has 2 aromatic carbocycles. The Balaban J connectivity index is 1.50. The van der Waals surface area contributed by atoms with Gasteiger partial charge in [-0.05, 0) is 44.0 Å². The monoisotopic (exact) mass is 493 g/mol. The molecule has 2 aromatic heterocycles. The highest BCUT2D eigenvalue weighted by Crippen LogP contribution is 2.47. The Morgan fingerprint density at radius 3 is 2.66 bits per heavy atom. The molecule has 4 aromatic rings. The topological polar surface area (TPSA) is 85.1 Å². The van der Waals surface area contributed by atoms with Crippen LogP contribution in [-0.4, -0.2) is 36.2 Å². The first-order chi connectivity index (χ1) is 16.7. The maximum Gasteiger partial charge on any atom is 0.387 e. The lowest BCUT2D eigenvalue weighted by molar-refractivity contribution is -0.0506. The number of fused-ring (bicyclic) bond motifs is 9. The molecular formula is C25H21F2N5O2S. The van der Waals surface area contributed by atoms with Crippen molar-refractivity contribution in [2.24, 2.45) is 0 Å². The molecule has 35 heavy (non-hydrogen) atoms. The van der Waals surface area contributed by atoms with Crippen LogP contribution in [0, 0.1) is 0 Å². The number of thiocarbonyl (C=S) groups is 1. The van der Waals surface area contributed by atoms with Gasteiger partial charge >= 0.3 is 6.61 Å². The zero-order valence-electron chi connectivity index (χ0n) is 18.9. The molecule has 2 aliphatic rings. The van der Waals surface area contributed by atoms with Gasteiger partial charge in [-0.25, -0.2) is 15.0 Å². The molecule has 0 saturated heterocycles. The molecule has 4 heterocycles. The molecule has 6 rings (SSSR count). The number of aliphatic hydroxyl groups is 1. The van der Waals surface area contributed by atoms with Gasteiger partial charge < -0.3 is 19.7 Å². The molecule has 0 fully saturated rings. The van der Waals surface area contributed by atoms with E-state index in [0.29, 0.717) is 28.4 Å². The van der Waals surface area contributed by atoms with Crippen molar-refractivity contribution < 1.29 is 18.6 Å². The van der Waals surface area contributed by atoms with Gasteiger partial charge in [0.05, 0.1) is 23.1 Å². The maximum absolute atomic E-state index is 13.2. The molecule has 0 unspecified atom stereocenters. The summed E-state index contributed by atoms with van der Waals surface area (Å²) in [5.74, 6) is 1.26. The average molecular weight is 494 g/mol. The van der Waals surface area contributed by atoms with E-state index in [4.69, 9.17) is 21.9 Å². The zero-order valence-corrected chi connectivity index (χ0v) is 19.7. The Kier molecular flexibility index (Phi) is 4.87. The molecule has 2 bridgehead atoms. The number of benzene rings is 2. The van der Waals surface area contributed by atoms with Crippen molar-refractivity contribution >= 4 is 28.2 Å². The Hall–Kier alpha value is -3.50. The quantitative estimate of drug-likeness (QED) is 0.401. The van der Waals surface area contributed by atoms with Crippen LogP contribution >= 0.6 is 12.2 Å². The lowest BCUT2D eigenvalue weighted by Crippen LogP contribution is -2.27. The molecule has 10 heteroatoms. The number of aromatic nitrogens is 4. The predicted molar refractivity (Wildman–Crippen MR) is 129 cm³/mol. The predicted octanol–water partition coefficient (Wildman–Crippen LogP) is 4.64. The van der Waals surface area contributed by atoms with Gasteiger partial charge in [0.25, 0.3) is 0 Å². The second-order valence-corrected chi connectivity index (χ2v) is 9.68. The lowest BCUT2D eigenvalue weighted by Gasteiger charge is -2.22. The summed E-state index contributed by atoms with van der Waals surface area (Å²) in [4.78, 5) is 14.0. The molecule has 7 nitrogen and oxygen atoms in total. The van der Waals surface area contributed by atoms with Crippen molar-refractivity contribution in [2.45, 2.75) is 44.6 Å². The van der Waals surface area contributed by atoms with Gasteiger partial charge in [0.2, 0.25) is 0 Å². The van der Waals surface area contributed by atoms with E-state index in [9.17, 15) is 13.9 Å². The van der Waals surface area contributed by atoms with E-state index in [0.717, 1.165) is 28.0 Å². The van der Waals surface area contributed by atoms with Crippen molar-refractivity contribution in [1.82, 2.24) is 24.8 Å². The highest BCUT2D eigenvalue weighted by atomic mass is 32.1. The van der Waals surface area contributed by atoms with Crippen LogP contribution < -0.4 is 10.1 Å². The summed E-state index contributed by atoms with van der Waals surface area (Å²) in [6, 6.07) is 10.5. The molecule has 0 radical (unpaired) electrons. The van der Waals surface area contributed by atoms with Gasteiger partial charge in [0, 0.05) is 29.1 Å². The number of halogens is 2. The van der Waals surface area contributed by atoms with Crippen molar-refractivity contribution in [3.63, 3.8) is 0 Å². The van der Waals surface area contributed by atoms with Gasteiger partial charge in [-0.15, -0.1) is 0 Å². The maximum atomic E-state index is 13.2. The fraction of sp³-hybridized carbons (Fsp3) is 0.280. The van der Waals surface area contributed by atoms with Crippen LogP contribution in [0.15, 0.2) is 48.8 Å². The normalized spacial score (nSPS) is 18.9. The number of hydrogen-bond acceptors (Lipinski definition) is 6. The Labute approximate surface area is 204 Å². The van der Waals surface area contributed by atoms with Gasteiger partial charge in [-0.2, -0.15) is 8.78 Å². The number of rotatable bonds is 4. The minimum atomic E-state index is -2.94. The summed E-state index contributed by atoms with van der Waals surface area (Å²) in [6.07, 6.45) is 3.97. The van der Waals surface area contributed by atoms with E-state index in [1.54, 1.807) is 38.4 Å². The fourth-order valence-corrected chi connectivity index (χ4v) is 5.30. The third-order valence-corrected chi connectivity index (χ3v) is 6.83. The second-order valence-electron chi connectivity index (χ2n) is 9.27. The van der Waals surface area contributed by atoms with Gasteiger partial charge in [-0.1, -0.05) is 30.4 Å². The zero-order chi connectivity index (χ0) is 24.5. The molecular weight excluding hydrogens is 472 g/mol. The van der Waals surface area contributed by atoms with Crippen LogP contribution in [0.3, 0.4) is 0 Å². The first-order valence-corrected chi connectivity index (χ1v) is 11.6. The summed E-state index contributed by atoms with van der Waals surface area (Å²) in [7, 11) is 0. The lowest BCUT2D eigenvalue weighted by atomic mass is 9.97. The second kappa shape index (κ2) is 7.76. The number of alkyl halides is 2. The molecule has 0 amide bonds. The summed E-state index contributed by atoms with van der Waals surface area (Å²) in [5.41, 5.74) is 3.50. The Morgan fingerprint density at radius 2 is 1.94 bits per heavy atom. The third-order valence-electron chi connectivity index (χ3n) is 6.50. The van der Waals surface area contributed by atoms with Gasteiger partial charge in [0.1, 0.15) is 22.2 Å². The minimum Gasteiger partial charge on any atom is -0.434 e. The molecule has 2 atom stereocenters. The molecule has 178 valence electrons. The largest absolute Gasteiger partial charge is 0.434 e. The SMILES string of the molecule is CC(C)(O)c1ncc(-c2ccc3nc4n(c3c2)[C@@H]2C[C@H]4NC(=S)c3cccc(OC(F)F)c32)cn1. The molecule has 0 saturated carbocycles. The molecule has 2 aliphatic heterocycles. The number of nitrogens with zero attached hydrogens (tertiary/aromatic N) is 4. The number of hydrogen-bond donors (Lipinski definition) is 2. The van der Waals surface area contributed by atoms with Crippen LogP contribution in [0.4, 0.5) is 8.78 Å². The van der Waals surface area contributed by atoms with E-state index >= 15 is 0 Å². The number of nitrogens with one attached hydrogen (secondary N) is 1. The molecule has 2 N–H and O–H groups in total. The van der Waals surface area contributed by atoms with Gasteiger partial charge in [-0.3, -0.25) is 0 Å². The number of ether oxygens (including phenoxy) is 1. The standard InChI is InChI=1S/C25H21F2N5O2S/c1-25(2,33)23-28-10-13(11-29-23)12-6-7-15-17(8-12)32-18-9-16(21(32)30-15)31-22(35)14-4-3-5-19(20(14)18)34-24(26)27/h3-8,10-11,16,18,24,33H,9H2,1-2H3,(H,31,35)/t16-,18-/m1/s1. The highest BCUT2D eigenvalue weighted by Gasteiger charge is 2.41. The number of imidazole rings is 1. The van der Waals surface area contributed by atoms with Crippen LogP contribution in [-0.2, 0) is 5.60 Å². The molecule has 0 aliphatic carbocycles. The Bertz CT molecular complexity index is 1480. The van der Waals surface area contributed by atoms with E-state index in [1.165, 1.54) is 0 Å². The van der Waals surface area contributed by atoms with Crippen molar-refractivity contribution in [1.29, 1.82) is 0 Å². The van der Waals surface area contributed by atoms with Crippen molar-refractivity contribution in [3.8, 4) is 16.9 Å². The smallest absolute Gasteiger partial charge is 0.387 e. The van der Waals surface area contributed by atoms with E-state index < -0.39 is 12.2 Å². The fourth-order valence-electron chi connectivity index (χ4n) is 4.98. The van der Waals surface area contributed by atoms with Crippen molar-refractivity contribution in [2.75, 3.05) is 0 Å². The summed E-state index contributed by atoms with van der Waals surface area (Å²) in [5, 5.41) is 13.5. The van der Waals surface area contributed by atoms with Gasteiger partial charge in [0.15, 0.2) is 5.82 Å². The first-order valence-electron chi connectivity index (χ1n) is 11.2. The Morgan fingerprint density at radius 1 is 1.17 bits per heavy atom. The highest BCUT2D eigenvalue weighted by molar-refractivity contribution is 7.80. The average Bonchev–Trinajstić information content (AvgIpc) is 3.30. The van der Waals surface area contributed by atoms with E-state index in [2.05, 4.69) is 19.9 Å². The minimum absolute atomic E-state index is 0.119. The van der Waals surface area contributed by atoms with E-state index in [1.807, 2.05) is 24.3 Å². The van der Waals surface area contributed by atoms with Crippen molar-refractivity contribution in [3.05, 3.63) is 71.6 Å². The van der Waals surface area contributed by atoms with E-state index in [-0.39, 0.29) is 17.8 Å². The first kappa shape index (κ1) is 22.0. The summed E-state index contributed by atoms with van der Waals surface area (Å²) >= 11 is 5.59. The van der Waals surface area contributed by atoms with Crippen LogP contribution in [0.2, 0.25) is 0 Å². The van der Waals surface area contributed by atoms with Crippen LogP contribution in [0.5, 0.6) is 5.75 Å². The van der Waals surface area contributed by atoms with Crippen LogP contribution in [0.25, 0.3) is 22.2 Å². The summed E-state index contributed by atoms with van der Waals surface area (Å²) in [6.45, 7) is 0.322.